The lowest BCUT2D eigenvalue weighted by Crippen LogP contribution is -2.04. The predicted octanol–water partition coefficient (Wildman–Crippen LogP) is 7.21. The van der Waals surface area contributed by atoms with Crippen LogP contribution >= 0.6 is 0 Å². The third-order valence-corrected chi connectivity index (χ3v) is 5.53. The first-order chi connectivity index (χ1) is 13.4. The minimum atomic E-state index is 0.310. The maximum atomic E-state index is 4.96. The molecule has 1 aromatic heterocycles. The monoisotopic (exact) mass is 356 g/mol. The molecule has 0 aliphatic carbocycles. The maximum Gasteiger partial charge on any atom is 0.114 e. The van der Waals surface area contributed by atoms with Gasteiger partial charge < -0.3 is 4.98 Å². The van der Waals surface area contributed by atoms with Gasteiger partial charge in [-0.1, -0.05) is 93.6 Å². The second-order valence-electron chi connectivity index (χ2n) is 7.46. The van der Waals surface area contributed by atoms with E-state index >= 15 is 0 Å². The van der Waals surface area contributed by atoms with Gasteiger partial charge in [-0.2, -0.15) is 0 Å². The molecule has 138 valence electrons. The van der Waals surface area contributed by atoms with Crippen LogP contribution in [-0.2, 0) is 0 Å². The number of nitrogens with zero attached hydrogens (tertiary/aromatic N) is 1. The van der Waals surface area contributed by atoms with Crippen LogP contribution in [0.5, 0.6) is 0 Å². The van der Waals surface area contributed by atoms with Crippen molar-refractivity contribution >= 4 is 21.8 Å². The van der Waals surface area contributed by atoms with Crippen molar-refractivity contribution < 1.29 is 0 Å². The molecule has 27 heavy (non-hydrogen) atoms. The first-order valence-corrected chi connectivity index (χ1v) is 10.3. The summed E-state index contributed by atoms with van der Waals surface area (Å²) < 4.78 is 0. The van der Waals surface area contributed by atoms with Gasteiger partial charge in [-0.05, 0) is 34.9 Å². The third-order valence-electron chi connectivity index (χ3n) is 5.53. The summed E-state index contributed by atoms with van der Waals surface area (Å²) >= 11 is 0. The van der Waals surface area contributed by atoms with Crippen molar-refractivity contribution in [1.82, 2.24) is 9.97 Å². The lowest BCUT2D eigenvalue weighted by Gasteiger charge is -2.17. The average Bonchev–Trinajstić information content (AvgIpc) is 3.14. The number of fused-ring (bicyclic) bond motifs is 2. The van der Waals surface area contributed by atoms with E-state index in [1.807, 2.05) is 0 Å². The Bertz CT molecular complexity index is 977. The number of aromatic nitrogens is 2. The van der Waals surface area contributed by atoms with E-state index in [1.165, 1.54) is 48.4 Å². The lowest BCUT2D eigenvalue weighted by atomic mass is 9.88. The highest BCUT2D eigenvalue weighted by Crippen LogP contribution is 2.34. The van der Waals surface area contributed by atoms with Crippen LogP contribution in [0.15, 0.2) is 66.7 Å². The van der Waals surface area contributed by atoms with Crippen LogP contribution in [0.1, 0.15) is 62.8 Å². The Labute approximate surface area is 161 Å². The van der Waals surface area contributed by atoms with Gasteiger partial charge in [-0.3, -0.25) is 0 Å². The largest absolute Gasteiger partial charge is 0.341 e. The SMILES string of the molecule is CCCCCCCC(c1nc2ccccc2[nH]1)c1cccc2ccccc12. The molecule has 0 saturated heterocycles. The van der Waals surface area contributed by atoms with Crippen LogP contribution in [0.2, 0.25) is 0 Å². The van der Waals surface area contributed by atoms with E-state index in [9.17, 15) is 0 Å². The highest BCUT2D eigenvalue weighted by molar-refractivity contribution is 5.86. The number of aromatic amines is 1. The van der Waals surface area contributed by atoms with Crippen LogP contribution in [0.4, 0.5) is 0 Å². The van der Waals surface area contributed by atoms with Gasteiger partial charge in [0, 0.05) is 5.92 Å². The smallest absolute Gasteiger partial charge is 0.114 e. The summed E-state index contributed by atoms with van der Waals surface area (Å²) in [5.41, 5.74) is 3.58. The van der Waals surface area contributed by atoms with Gasteiger partial charge >= 0.3 is 0 Å². The average molecular weight is 357 g/mol. The molecule has 0 radical (unpaired) electrons. The molecular weight excluding hydrogens is 328 g/mol. The van der Waals surface area contributed by atoms with Crippen molar-refractivity contribution in [3.63, 3.8) is 0 Å². The lowest BCUT2D eigenvalue weighted by molar-refractivity contribution is 0.572. The van der Waals surface area contributed by atoms with Crippen molar-refractivity contribution in [2.24, 2.45) is 0 Å². The number of rotatable bonds is 8. The molecule has 1 N–H and O–H groups in total. The fourth-order valence-electron chi connectivity index (χ4n) is 4.08. The normalized spacial score (nSPS) is 12.6. The first kappa shape index (κ1) is 17.8. The number of nitrogens with one attached hydrogen (secondary N) is 1. The molecule has 0 bridgehead atoms. The molecule has 4 rings (SSSR count). The number of unbranched alkanes of at least 4 members (excludes halogenated alkanes) is 4. The van der Waals surface area contributed by atoms with Crippen LogP contribution in [0.3, 0.4) is 0 Å². The van der Waals surface area contributed by atoms with E-state index in [0.717, 1.165) is 23.3 Å². The van der Waals surface area contributed by atoms with Gasteiger partial charge in [0.1, 0.15) is 5.82 Å². The molecule has 1 atom stereocenters. The van der Waals surface area contributed by atoms with Gasteiger partial charge in [0.2, 0.25) is 0 Å². The summed E-state index contributed by atoms with van der Waals surface area (Å²) in [4.78, 5) is 8.56. The Morgan fingerprint density at radius 1 is 0.815 bits per heavy atom. The Kier molecular flexibility index (Phi) is 5.53. The molecule has 4 aromatic rings. The van der Waals surface area contributed by atoms with E-state index < -0.39 is 0 Å². The topological polar surface area (TPSA) is 28.7 Å². The van der Waals surface area contributed by atoms with E-state index in [4.69, 9.17) is 4.98 Å². The zero-order valence-corrected chi connectivity index (χ0v) is 16.1. The zero-order valence-electron chi connectivity index (χ0n) is 16.1. The Balaban J connectivity index is 1.71. The van der Waals surface area contributed by atoms with Crippen molar-refractivity contribution in [3.8, 4) is 0 Å². The fourth-order valence-corrected chi connectivity index (χ4v) is 4.08. The van der Waals surface area contributed by atoms with Crippen molar-refractivity contribution in [3.05, 3.63) is 78.1 Å². The van der Waals surface area contributed by atoms with Gasteiger partial charge in [-0.25, -0.2) is 4.98 Å². The quantitative estimate of drug-likeness (QED) is 0.332. The summed E-state index contributed by atoms with van der Waals surface area (Å²) in [6.07, 6.45) is 7.64. The number of H-pyrrole nitrogens is 1. The van der Waals surface area contributed by atoms with E-state index in [-0.39, 0.29) is 0 Å². The molecular formula is C25H28N2. The highest BCUT2D eigenvalue weighted by Gasteiger charge is 2.20. The zero-order chi connectivity index (χ0) is 18.5. The van der Waals surface area contributed by atoms with Crippen LogP contribution in [-0.4, -0.2) is 9.97 Å². The van der Waals surface area contributed by atoms with Crippen LogP contribution in [0.25, 0.3) is 21.8 Å². The van der Waals surface area contributed by atoms with E-state index in [2.05, 4.69) is 78.6 Å². The van der Waals surface area contributed by atoms with Gasteiger partial charge in [0.05, 0.1) is 11.0 Å². The molecule has 1 heterocycles. The minimum Gasteiger partial charge on any atom is -0.341 e. The fraction of sp³-hybridized carbons (Fsp3) is 0.320. The molecule has 0 spiro atoms. The summed E-state index contributed by atoms with van der Waals surface area (Å²) in [6, 6.07) is 23.7. The second-order valence-corrected chi connectivity index (χ2v) is 7.46. The van der Waals surface area contributed by atoms with E-state index in [0.29, 0.717) is 5.92 Å². The standard InChI is InChI=1S/C25H28N2/c1-2-3-4-5-6-15-22(25-26-23-17-9-10-18-24(23)27-25)21-16-11-13-19-12-7-8-14-20(19)21/h7-14,16-18,22H,2-6,15H2,1H3,(H,26,27). The summed E-state index contributed by atoms with van der Waals surface area (Å²) in [7, 11) is 0. The molecule has 2 heteroatoms. The summed E-state index contributed by atoms with van der Waals surface area (Å²) in [5.74, 6) is 1.41. The number of para-hydroxylation sites is 2. The number of hydrogen-bond acceptors (Lipinski definition) is 1. The first-order valence-electron chi connectivity index (χ1n) is 10.3. The minimum absolute atomic E-state index is 0.310. The molecule has 0 aliphatic heterocycles. The second kappa shape index (κ2) is 8.39. The van der Waals surface area contributed by atoms with Crippen molar-refractivity contribution in [2.45, 2.75) is 51.4 Å². The molecule has 0 aliphatic rings. The Hall–Kier alpha value is -2.61. The van der Waals surface area contributed by atoms with Crippen molar-refractivity contribution in [1.29, 1.82) is 0 Å². The number of hydrogen-bond donors (Lipinski definition) is 1. The summed E-state index contributed by atoms with van der Waals surface area (Å²) in [5, 5.41) is 2.65. The van der Waals surface area contributed by atoms with E-state index in [1.54, 1.807) is 0 Å². The predicted molar refractivity (Wildman–Crippen MR) is 115 cm³/mol. The molecule has 3 aromatic carbocycles. The number of benzene rings is 3. The number of imidazole rings is 1. The molecule has 1 unspecified atom stereocenters. The van der Waals surface area contributed by atoms with Gasteiger partial charge in [0.25, 0.3) is 0 Å². The van der Waals surface area contributed by atoms with Gasteiger partial charge in [-0.15, -0.1) is 0 Å². The van der Waals surface area contributed by atoms with Gasteiger partial charge in [0.15, 0.2) is 0 Å². The Morgan fingerprint density at radius 2 is 1.59 bits per heavy atom. The van der Waals surface area contributed by atoms with Crippen LogP contribution < -0.4 is 0 Å². The summed E-state index contributed by atoms with van der Waals surface area (Å²) in [6.45, 7) is 2.27. The third kappa shape index (κ3) is 3.90. The molecule has 2 nitrogen and oxygen atoms in total. The maximum absolute atomic E-state index is 4.96. The molecule has 0 saturated carbocycles. The Morgan fingerprint density at radius 3 is 2.48 bits per heavy atom. The van der Waals surface area contributed by atoms with Crippen LogP contribution in [0, 0.1) is 0 Å². The highest BCUT2D eigenvalue weighted by atomic mass is 14.9. The molecule has 0 amide bonds. The molecule has 0 fully saturated rings. The van der Waals surface area contributed by atoms with Crippen molar-refractivity contribution in [2.75, 3.05) is 0 Å².